The van der Waals surface area contributed by atoms with E-state index in [0.717, 1.165) is 5.69 Å². The molecule has 0 fully saturated rings. The molecular formula is C16H15ClN2OS2. The number of hydrogen-bond acceptors (Lipinski definition) is 3. The Morgan fingerprint density at radius 3 is 2.68 bits per heavy atom. The Morgan fingerprint density at radius 2 is 2.09 bits per heavy atom. The van der Waals surface area contributed by atoms with Crippen molar-refractivity contribution >= 4 is 40.2 Å². The summed E-state index contributed by atoms with van der Waals surface area (Å²) in [6.45, 7) is 1.19. The number of aromatic nitrogens is 1. The largest absolute Gasteiger partial charge is 0.353 e. The van der Waals surface area contributed by atoms with Gasteiger partial charge in [0.15, 0.2) is 0 Å². The lowest BCUT2D eigenvalue weighted by atomic mass is 10.3. The first-order valence-corrected chi connectivity index (χ1v) is 8.88. The fourth-order valence-corrected chi connectivity index (χ4v) is 3.96. The average Bonchev–Trinajstić information content (AvgIpc) is 3.22. The van der Waals surface area contributed by atoms with Gasteiger partial charge in [-0.25, -0.2) is 0 Å². The highest BCUT2D eigenvalue weighted by Crippen LogP contribution is 2.25. The number of nitrogens with zero attached hydrogens (tertiary/aromatic N) is 2. The first-order chi connectivity index (χ1) is 10.6. The maximum Gasteiger partial charge on any atom is 0.264 e. The Kier molecular flexibility index (Phi) is 4.66. The summed E-state index contributed by atoms with van der Waals surface area (Å²) in [5.41, 5.74) is 1.10. The monoisotopic (exact) mass is 350 g/mol. The first kappa shape index (κ1) is 15.3. The second kappa shape index (κ2) is 6.69. The lowest BCUT2D eigenvalue weighted by molar-refractivity contribution is 0.0733. The first-order valence-electron chi connectivity index (χ1n) is 6.80. The smallest absolute Gasteiger partial charge is 0.264 e. The van der Waals surface area contributed by atoms with Crippen LogP contribution in [0.3, 0.4) is 0 Å². The summed E-state index contributed by atoms with van der Waals surface area (Å²) in [5, 5.41) is 2.03. The van der Waals surface area contributed by atoms with Gasteiger partial charge in [0.25, 0.3) is 5.91 Å². The zero-order chi connectivity index (χ0) is 15.5. The number of thiophene rings is 2. The van der Waals surface area contributed by atoms with E-state index < -0.39 is 0 Å². The van der Waals surface area contributed by atoms with E-state index in [2.05, 4.69) is 6.07 Å². The quantitative estimate of drug-likeness (QED) is 0.657. The van der Waals surface area contributed by atoms with Gasteiger partial charge in [0, 0.05) is 23.8 Å². The number of hydrogen-bond donors (Lipinski definition) is 0. The molecule has 114 valence electrons. The van der Waals surface area contributed by atoms with Crippen molar-refractivity contribution < 1.29 is 4.79 Å². The van der Waals surface area contributed by atoms with E-state index in [1.54, 1.807) is 23.5 Å². The molecule has 3 aromatic rings. The van der Waals surface area contributed by atoms with Crippen molar-refractivity contribution in [2.24, 2.45) is 7.05 Å². The van der Waals surface area contributed by atoms with Crippen molar-refractivity contribution in [2.45, 2.75) is 13.1 Å². The van der Waals surface area contributed by atoms with Gasteiger partial charge < -0.3 is 9.47 Å². The van der Waals surface area contributed by atoms with Gasteiger partial charge in [-0.2, -0.15) is 0 Å². The molecule has 1 amide bonds. The Bertz CT molecular complexity index is 761. The van der Waals surface area contributed by atoms with Crippen molar-refractivity contribution in [3.05, 3.63) is 67.8 Å². The lowest BCUT2D eigenvalue weighted by Crippen LogP contribution is -2.30. The summed E-state index contributed by atoms with van der Waals surface area (Å²) in [4.78, 5) is 16.5. The van der Waals surface area contributed by atoms with Crippen molar-refractivity contribution in [3.8, 4) is 0 Å². The molecule has 0 bridgehead atoms. The molecular weight excluding hydrogens is 336 g/mol. The van der Waals surface area contributed by atoms with Crippen molar-refractivity contribution in [2.75, 3.05) is 0 Å². The molecule has 0 saturated carbocycles. The van der Waals surface area contributed by atoms with Crippen LogP contribution in [0.2, 0.25) is 4.34 Å². The molecule has 0 radical (unpaired) electrons. The molecule has 6 heteroatoms. The van der Waals surface area contributed by atoms with Crippen molar-refractivity contribution in [1.29, 1.82) is 0 Å². The Hall–Kier alpha value is -1.56. The maximum absolute atomic E-state index is 12.8. The van der Waals surface area contributed by atoms with Gasteiger partial charge in [-0.1, -0.05) is 17.7 Å². The van der Waals surface area contributed by atoms with Crippen LogP contribution >= 0.6 is 34.3 Å². The third-order valence-corrected chi connectivity index (χ3v) is 5.48. The standard InChI is InChI=1S/C16H15ClN2OS2/c1-18-8-2-4-12(18)10-19(11-13-5-3-9-21-13)16(20)14-6-7-15(17)22-14/h2-9H,10-11H2,1H3. The van der Waals surface area contributed by atoms with E-state index >= 15 is 0 Å². The number of aryl methyl sites for hydroxylation is 1. The molecule has 0 aliphatic heterocycles. The fraction of sp³-hybridized carbons (Fsp3) is 0.188. The molecule has 0 aliphatic carbocycles. The minimum Gasteiger partial charge on any atom is -0.353 e. The van der Waals surface area contributed by atoms with Crippen LogP contribution in [-0.2, 0) is 20.1 Å². The van der Waals surface area contributed by atoms with Gasteiger partial charge >= 0.3 is 0 Å². The van der Waals surface area contributed by atoms with Crippen LogP contribution in [0.25, 0.3) is 0 Å². The van der Waals surface area contributed by atoms with Crippen molar-refractivity contribution in [3.63, 3.8) is 0 Å². The van der Waals surface area contributed by atoms with E-state index in [0.29, 0.717) is 22.3 Å². The van der Waals surface area contributed by atoms with E-state index in [1.807, 2.05) is 46.3 Å². The second-order valence-corrected chi connectivity index (χ2v) is 7.70. The van der Waals surface area contributed by atoms with Crippen LogP contribution in [0.4, 0.5) is 0 Å². The van der Waals surface area contributed by atoms with E-state index in [-0.39, 0.29) is 5.91 Å². The third kappa shape index (κ3) is 3.43. The van der Waals surface area contributed by atoms with Gasteiger partial charge in [-0.05, 0) is 35.7 Å². The number of carbonyl (C=O) groups excluding carboxylic acids is 1. The van der Waals surface area contributed by atoms with Gasteiger partial charge in [0.05, 0.1) is 22.3 Å². The Balaban J connectivity index is 1.85. The number of carbonyl (C=O) groups is 1. The molecule has 0 saturated heterocycles. The summed E-state index contributed by atoms with van der Waals surface area (Å²) in [5.74, 6) is 0.0199. The van der Waals surface area contributed by atoms with Gasteiger partial charge in [0.1, 0.15) is 0 Å². The van der Waals surface area contributed by atoms with Crippen LogP contribution in [0.15, 0.2) is 48.0 Å². The van der Waals surface area contributed by atoms with Crippen molar-refractivity contribution in [1.82, 2.24) is 9.47 Å². The summed E-state index contributed by atoms with van der Waals surface area (Å²) >= 11 is 8.95. The highest BCUT2D eigenvalue weighted by Gasteiger charge is 2.19. The molecule has 3 nitrogen and oxygen atoms in total. The highest BCUT2D eigenvalue weighted by molar-refractivity contribution is 7.18. The molecule has 3 aromatic heterocycles. The van der Waals surface area contributed by atoms with Crippen LogP contribution < -0.4 is 0 Å². The predicted octanol–water partition coefficient (Wildman–Crippen LogP) is 4.64. The zero-order valence-electron chi connectivity index (χ0n) is 12.0. The SMILES string of the molecule is Cn1cccc1CN(Cc1cccs1)C(=O)c1ccc(Cl)s1. The second-order valence-electron chi connectivity index (χ2n) is 4.95. The van der Waals surface area contributed by atoms with Crippen LogP contribution in [0.1, 0.15) is 20.2 Å². The molecule has 0 aliphatic rings. The maximum atomic E-state index is 12.8. The van der Waals surface area contributed by atoms with Gasteiger partial charge in [-0.3, -0.25) is 4.79 Å². The van der Waals surface area contributed by atoms with Crippen LogP contribution in [0, 0.1) is 0 Å². The molecule has 3 rings (SSSR count). The summed E-state index contributed by atoms with van der Waals surface area (Å²) in [6, 6.07) is 11.7. The lowest BCUT2D eigenvalue weighted by Gasteiger charge is -2.22. The molecule has 0 N–H and O–H groups in total. The summed E-state index contributed by atoms with van der Waals surface area (Å²) in [6.07, 6.45) is 1.99. The normalized spacial score (nSPS) is 10.8. The highest BCUT2D eigenvalue weighted by atomic mass is 35.5. The average molecular weight is 351 g/mol. The predicted molar refractivity (Wildman–Crippen MR) is 92.6 cm³/mol. The number of halogens is 1. The Morgan fingerprint density at radius 1 is 1.23 bits per heavy atom. The molecule has 22 heavy (non-hydrogen) atoms. The Labute approximate surface area is 142 Å². The van der Waals surface area contributed by atoms with Crippen LogP contribution in [-0.4, -0.2) is 15.4 Å². The fourth-order valence-electron chi connectivity index (χ4n) is 2.23. The number of rotatable bonds is 5. The summed E-state index contributed by atoms with van der Waals surface area (Å²) < 4.78 is 2.68. The van der Waals surface area contributed by atoms with E-state index in [1.165, 1.54) is 16.2 Å². The zero-order valence-corrected chi connectivity index (χ0v) is 14.4. The van der Waals surface area contributed by atoms with Gasteiger partial charge in [-0.15, -0.1) is 22.7 Å². The molecule has 0 aromatic carbocycles. The minimum atomic E-state index is 0.0199. The minimum absolute atomic E-state index is 0.0199. The van der Waals surface area contributed by atoms with E-state index in [4.69, 9.17) is 11.6 Å². The summed E-state index contributed by atoms with van der Waals surface area (Å²) in [7, 11) is 1.99. The van der Waals surface area contributed by atoms with Crippen LogP contribution in [0.5, 0.6) is 0 Å². The van der Waals surface area contributed by atoms with Gasteiger partial charge in [0.2, 0.25) is 0 Å². The third-order valence-electron chi connectivity index (χ3n) is 3.40. The molecule has 0 spiro atoms. The number of amides is 1. The molecule has 3 heterocycles. The molecule has 0 unspecified atom stereocenters. The molecule has 0 atom stereocenters. The topological polar surface area (TPSA) is 25.2 Å². The van der Waals surface area contributed by atoms with E-state index in [9.17, 15) is 4.79 Å².